The van der Waals surface area contributed by atoms with Crippen LogP contribution in [0, 0.1) is 10.1 Å². The predicted molar refractivity (Wildman–Crippen MR) is 154 cm³/mol. The number of nitro groups is 1. The Morgan fingerprint density at radius 3 is 2.20 bits per heavy atom. The maximum absolute atomic E-state index is 12.2. The van der Waals surface area contributed by atoms with Crippen LogP contribution in [0.15, 0.2) is 96.1 Å². The average molecular weight is 556 g/mol. The number of rotatable bonds is 13. The van der Waals surface area contributed by atoms with Crippen LogP contribution in [0.3, 0.4) is 0 Å². The number of amides is 1. The van der Waals surface area contributed by atoms with Crippen molar-refractivity contribution in [1.82, 2.24) is 5.43 Å². The number of nitro benzene ring substituents is 1. The molecule has 0 spiro atoms. The highest BCUT2D eigenvalue weighted by Gasteiger charge is 2.11. The molecule has 0 aliphatic heterocycles. The maximum Gasteiger partial charge on any atom is 0.271 e. The van der Waals surface area contributed by atoms with Gasteiger partial charge in [-0.3, -0.25) is 14.9 Å². The highest BCUT2D eigenvalue weighted by atomic mass is 16.6. The first-order valence-corrected chi connectivity index (χ1v) is 12.8. The van der Waals surface area contributed by atoms with Gasteiger partial charge < -0.3 is 18.9 Å². The van der Waals surface area contributed by atoms with Crippen LogP contribution in [-0.2, 0) is 13.2 Å². The Morgan fingerprint density at radius 1 is 0.829 bits per heavy atom. The molecule has 0 fully saturated rings. The maximum atomic E-state index is 12.2. The van der Waals surface area contributed by atoms with Crippen LogP contribution in [0.1, 0.15) is 34.0 Å². The van der Waals surface area contributed by atoms with Crippen LogP contribution in [0.2, 0.25) is 0 Å². The molecule has 4 aromatic carbocycles. The summed E-state index contributed by atoms with van der Waals surface area (Å²) < 4.78 is 23.3. The second-order valence-electron chi connectivity index (χ2n) is 8.69. The summed E-state index contributed by atoms with van der Waals surface area (Å²) in [6.07, 6.45) is 1.46. The minimum atomic E-state index is -0.530. The van der Waals surface area contributed by atoms with Crippen molar-refractivity contribution < 1.29 is 28.7 Å². The zero-order valence-electron chi connectivity index (χ0n) is 22.6. The molecule has 1 amide bonds. The summed E-state index contributed by atoms with van der Waals surface area (Å²) >= 11 is 0. The van der Waals surface area contributed by atoms with E-state index in [1.807, 2.05) is 55.5 Å². The second kappa shape index (κ2) is 14.1. The lowest BCUT2D eigenvalue weighted by molar-refractivity contribution is -0.384. The van der Waals surface area contributed by atoms with Crippen molar-refractivity contribution in [3.63, 3.8) is 0 Å². The first-order valence-electron chi connectivity index (χ1n) is 12.8. The molecule has 0 aromatic heterocycles. The van der Waals surface area contributed by atoms with E-state index in [0.717, 1.165) is 11.1 Å². The lowest BCUT2D eigenvalue weighted by Gasteiger charge is -2.15. The van der Waals surface area contributed by atoms with E-state index in [1.165, 1.54) is 37.6 Å². The van der Waals surface area contributed by atoms with Gasteiger partial charge in [-0.25, -0.2) is 5.43 Å². The third-order valence-electron chi connectivity index (χ3n) is 5.85. The summed E-state index contributed by atoms with van der Waals surface area (Å²) in [4.78, 5) is 22.5. The van der Waals surface area contributed by atoms with E-state index in [9.17, 15) is 14.9 Å². The molecule has 0 radical (unpaired) electrons. The summed E-state index contributed by atoms with van der Waals surface area (Å²) in [5.41, 5.74) is 5.17. The van der Waals surface area contributed by atoms with Crippen molar-refractivity contribution in [2.75, 3.05) is 13.7 Å². The molecule has 0 saturated heterocycles. The molecule has 41 heavy (non-hydrogen) atoms. The van der Waals surface area contributed by atoms with Crippen LogP contribution in [-0.4, -0.2) is 30.8 Å². The second-order valence-corrected chi connectivity index (χ2v) is 8.69. The van der Waals surface area contributed by atoms with Gasteiger partial charge in [-0.05, 0) is 66.1 Å². The Hall–Kier alpha value is -5.38. The largest absolute Gasteiger partial charge is 0.493 e. The first kappa shape index (κ1) is 28.6. The van der Waals surface area contributed by atoms with Gasteiger partial charge in [-0.2, -0.15) is 5.10 Å². The molecule has 4 rings (SSSR count). The van der Waals surface area contributed by atoms with E-state index in [1.54, 1.807) is 18.2 Å². The molecule has 0 aliphatic rings. The van der Waals surface area contributed by atoms with Gasteiger partial charge in [0.2, 0.25) is 0 Å². The average Bonchev–Trinajstić information content (AvgIpc) is 3.00. The Labute approximate surface area is 237 Å². The number of methoxy groups -OCH3 is 1. The normalized spacial score (nSPS) is 10.7. The Morgan fingerprint density at radius 2 is 1.51 bits per heavy atom. The fourth-order valence-corrected chi connectivity index (χ4v) is 3.77. The molecule has 10 heteroatoms. The lowest BCUT2D eigenvalue weighted by Crippen LogP contribution is -2.17. The summed E-state index contributed by atoms with van der Waals surface area (Å²) in [6.45, 7) is 3.12. The molecule has 210 valence electrons. The van der Waals surface area contributed by atoms with Crippen LogP contribution in [0.5, 0.6) is 23.0 Å². The molecular weight excluding hydrogens is 526 g/mol. The fraction of sp³-hybridized carbons (Fsp3) is 0.161. The summed E-state index contributed by atoms with van der Waals surface area (Å²) in [6, 6.07) is 26.1. The highest BCUT2D eigenvalue weighted by Crippen LogP contribution is 2.32. The molecule has 10 nitrogen and oxygen atoms in total. The van der Waals surface area contributed by atoms with Crippen molar-refractivity contribution in [1.29, 1.82) is 0 Å². The number of non-ortho nitro benzene ring substituents is 1. The van der Waals surface area contributed by atoms with Crippen molar-refractivity contribution in [3.8, 4) is 23.0 Å². The third kappa shape index (κ3) is 8.06. The lowest BCUT2D eigenvalue weighted by atomic mass is 10.2. The van der Waals surface area contributed by atoms with E-state index in [2.05, 4.69) is 10.5 Å². The van der Waals surface area contributed by atoms with Crippen LogP contribution in [0.25, 0.3) is 0 Å². The van der Waals surface area contributed by atoms with Crippen LogP contribution >= 0.6 is 0 Å². The molecule has 0 aliphatic carbocycles. The minimum absolute atomic E-state index is 0.0981. The first-order chi connectivity index (χ1) is 20.0. The number of carbonyl (C=O) groups is 1. The topological polar surface area (TPSA) is 122 Å². The zero-order valence-corrected chi connectivity index (χ0v) is 22.6. The van der Waals surface area contributed by atoms with E-state index in [0.29, 0.717) is 41.8 Å². The summed E-state index contributed by atoms with van der Waals surface area (Å²) in [7, 11) is 1.53. The van der Waals surface area contributed by atoms with Gasteiger partial charge >= 0.3 is 0 Å². The molecule has 0 saturated carbocycles. The fourth-order valence-electron chi connectivity index (χ4n) is 3.77. The Bertz CT molecular complexity index is 1510. The highest BCUT2D eigenvalue weighted by molar-refractivity contribution is 5.95. The van der Waals surface area contributed by atoms with Gasteiger partial charge in [-0.15, -0.1) is 0 Å². The molecule has 0 atom stereocenters. The molecule has 0 unspecified atom stereocenters. The number of hydrogen-bond donors (Lipinski definition) is 1. The molecule has 0 bridgehead atoms. The molecule has 1 N–H and O–H groups in total. The van der Waals surface area contributed by atoms with Gasteiger partial charge in [0.25, 0.3) is 11.6 Å². The molecular formula is C31H29N3O7. The SMILES string of the molecule is CCOc1cc(COc2ccc(/C=N/NC(=O)c3ccc([N+](=O)[O-])cc3)cc2OC)ccc1OCc1ccccc1. The van der Waals surface area contributed by atoms with Crippen molar-refractivity contribution in [2.24, 2.45) is 5.10 Å². The van der Waals surface area contributed by atoms with Gasteiger partial charge in [0, 0.05) is 17.7 Å². The minimum Gasteiger partial charge on any atom is -0.493 e. The van der Waals surface area contributed by atoms with E-state index >= 15 is 0 Å². The van der Waals surface area contributed by atoms with Crippen LogP contribution < -0.4 is 24.4 Å². The number of hydrogen-bond acceptors (Lipinski definition) is 8. The predicted octanol–water partition coefficient (Wildman–Crippen LogP) is 5.92. The van der Waals surface area contributed by atoms with E-state index in [-0.39, 0.29) is 17.9 Å². The Balaban J connectivity index is 1.36. The monoisotopic (exact) mass is 555 g/mol. The van der Waals surface area contributed by atoms with Gasteiger partial charge in [0.05, 0.1) is 24.9 Å². The molecule has 0 heterocycles. The number of hydrazone groups is 1. The van der Waals surface area contributed by atoms with Crippen molar-refractivity contribution in [2.45, 2.75) is 20.1 Å². The third-order valence-corrected chi connectivity index (χ3v) is 5.85. The van der Waals surface area contributed by atoms with Crippen molar-refractivity contribution >= 4 is 17.8 Å². The van der Waals surface area contributed by atoms with E-state index < -0.39 is 10.8 Å². The van der Waals surface area contributed by atoms with Crippen LogP contribution in [0.4, 0.5) is 5.69 Å². The zero-order chi connectivity index (χ0) is 29.0. The number of carbonyl (C=O) groups excluding carboxylic acids is 1. The number of nitrogens with zero attached hydrogens (tertiary/aromatic N) is 2. The van der Waals surface area contributed by atoms with Gasteiger partial charge in [0.1, 0.15) is 13.2 Å². The molecule has 4 aromatic rings. The summed E-state index contributed by atoms with van der Waals surface area (Å²) in [5.74, 6) is 1.82. The summed E-state index contributed by atoms with van der Waals surface area (Å²) in [5, 5.41) is 14.7. The smallest absolute Gasteiger partial charge is 0.271 e. The Kier molecular flexibility index (Phi) is 9.87. The van der Waals surface area contributed by atoms with Crippen molar-refractivity contribution in [3.05, 3.63) is 123 Å². The number of benzene rings is 4. The standard InChI is InChI=1S/C31H29N3O7/c1-3-39-30-18-24(10-16-28(30)40-20-22-7-5-4-6-8-22)21-41-27-15-9-23(17-29(27)38-2)19-32-33-31(35)25-11-13-26(14-12-25)34(36)37/h4-19H,3,20-21H2,1-2H3,(H,33,35)/b32-19+. The quantitative estimate of drug-likeness (QED) is 0.123. The van der Waals surface area contributed by atoms with Gasteiger partial charge in [-0.1, -0.05) is 36.4 Å². The van der Waals surface area contributed by atoms with Gasteiger partial charge in [0.15, 0.2) is 23.0 Å². The van der Waals surface area contributed by atoms with E-state index in [4.69, 9.17) is 18.9 Å². The number of nitrogens with one attached hydrogen (secondary N) is 1. The number of ether oxygens (including phenoxy) is 4.